The van der Waals surface area contributed by atoms with Crippen molar-refractivity contribution in [1.29, 1.82) is 0 Å². The zero-order valence-corrected chi connectivity index (χ0v) is 10.9. The van der Waals surface area contributed by atoms with Crippen LogP contribution in [0.4, 0.5) is 5.82 Å². The van der Waals surface area contributed by atoms with Crippen molar-refractivity contribution in [2.24, 2.45) is 0 Å². The molecule has 1 atom stereocenters. The van der Waals surface area contributed by atoms with Gasteiger partial charge in [-0.1, -0.05) is 12.8 Å². The van der Waals surface area contributed by atoms with Gasteiger partial charge in [-0.05, 0) is 44.0 Å². The van der Waals surface area contributed by atoms with E-state index in [0.29, 0.717) is 6.04 Å². The third-order valence-electron chi connectivity index (χ3n) is 3.66. The normalized spacial score (nSPS) is 22.1. The number of rotatable bonds is 3. The zero-order chi connectivity index (χ0) is 12.1. The maximum Gasteiger partial charge on any atom is 0.125 e. The topological polar surface area (TPSA) is 28.2 Å². The number of likely N-dealkylation sites (tertiary alicyclic amines) is 1. The summed E-state index contributed by atoms with van der Waals surface area (Å²) >= 11 is 0. The maximum atomic E-state index is 4.26. The van der Waals surface area contributed by atoms with Gasteiger partial charge in [-0.15, -0.1) is 0 Å². The van der Waals surface area contributed by atoms with Crippen LogP contribution in [0.2, 0.25) is 0 Å². The maximum absolute atomic E-state index is 4.26. The number of pyridine rings is 1. The van der Waals surface area contributed by atoms with Crippen LogP contribution in [-0.2, 0) is 6.54 Å². The highest BCUT2D eigenvalue weighted by molar-refractivity contribution is 5.36. The SMILES string of the molecule is CNc1cc(CN2CCCCCC2C)ccn1. The van der Waals surface area contributed by atoms with Crippen molar-refractivity contribution < 1.29 is 0 Å². The molecule has 1 saturated heterocycles. The molecule has 0 amide bonds. The van der Waals surface area contributed by atoms with Gasteiger partial charge < -0.3 is 5.32 Å². The molecule has 1 aliphatic rings. The highest BCUT2D eigenvalue weighted by Crippen LogP contribution is 2.19. The molecule has 94 valence electrons. The highest BCUT2D eigenvalue weighted by Gasteiger charge is 2.16. The van der Waals surface area contributed by atoms with Crippen molar-refractivity contribution in [1.82, 2.24) is 9.88 Å². The Morgan fingerprint density at radius 2 is 2.29 bits per heavy atom. The van der Waals surface area contributed by atoms with Gasteiger partial charge in [0.25, 0.3) is 0 Å². The van der Waals surface area contributed by atoms with Crippen molar-refractivity contribution in [3.05, 3.63) is 23.9 Å². The van der Waals surface area contributed by atoms with Gasteiger partial charge in [-0.25, -0.2) is 4.98 Å². The van der Waals surface area contributed by atoms with Gasteiger partial charge in [0.15, 0.2) is 0 Å². The Balaban J connectivity index is 2.02. The Bertz CT molecular complexity index is 351. The van der Waals surface area contributed by atoms with Crippen LogP contribution in [-0.4, -0.2) is 29.5 Å². The molecule has 0 aliphatic carbocycles. The Labute approximate surface area is 104 Å². The number of nitrogens with one attached hydrogen (secondary N) is 1. The number of nitrogens with zero attached hydrogens (tertiary/aromatic N) is 2. The molecule has 0 radical (unpaired) electrons. The van der Waals surface area contributed by atoms with E-state index >= 15 is 0 Å². The van der Waals surface area contributed by atoms with E-state index in [2.05, 4.69) is 34.3 Å². The van der Waals surface area contributed by atoms with Crippen molar-refractivity contribution >= 4 is 5.82 Å². The lowest BCUT2D eigenvalue weighted by atomic mass is 10.1. The predicted octanol–water partition coefficient (Wildman–Crippen LogP) is 2.89. The van der Waals surface area contributed by atoms with E-state index in [-0.39, 0.29) is 0 Å². The second-order valence-corrected chi connectivity index (χ2v) is 4.97. The quantitative estimate of drug-likeness (QED) is 0.870. The summed E-state index contributed by atoms with van der Waals surface area (Å²) in [4.78, 5) is 6.86. The third kappa shape index (κ3) is 3.43. The Morgan fingerprint density at radius 3 is 3.12 bits per heavy atom. The lowest BCUT2D eigenvalue weighted by Gasteiger charge is -2.26. The number of anilines is 1. The lowest BCUT2D eigenvalue weighted by Crippen LogP contribution is -2.31. The number of aromatic nitrogens is 1. The Morgan fingerprint density at radius 1 is 1.41 bits per heavy atom. The molecule has 17 heavy (non-hydrogen) atoms. The van der Waals surface area contributed by atoms with Crippen molar-refractivity contribution in [3.8, 4) is 0 Å². The average molecular weight is 233 g/mol. The van der Waals surface area contributed by atoms with Crippen LogP contribution in [0.25, 0.3) is 0 Å². The van der Waals surface area contributed by atoms with E-state index in [1.807, 2.05) is 13.2 Å². The minimum atomic E-state index is 0.712. The number of hydrogen-bond acceptors (Lipinski definition) is 3. The molecule has 1 aromatic rings. The van der Waals surface area contributed by atoms with E-state index in [4.69, 9.17) is 0 Å². The van der Waals surface area contributed by atoms with Crippen LogP contribution < -0.4 is 5.32 Å². The second kappa shape index (κ2) is 6.01. The zero-order valence-electron chi connectivity index (χ0n) is 10.9. The summed E-state index contributed by atoms with van der Waals surface area (Å²) in [5, 5.41) is 3.10. The monoisotopic (exact) mass is 233 g/mol. The van der Waals surface area contributed by atoms with E-state index in [0.717, 1.165) is 12.4 Å². The fourth-order valence-electron chi connectivity index (χ4n) is 2.51. The van der Waals surface area contributed by atoms with Crippen molar-refractivity contribution in [2.75, 3.05) is 18.9 Å². The standard InChI is InChI=1S/C14H23N3/c1-12-6-4-3-5-9-17(12)11-13-7-8-16-14(10-13)15-2/h7-8,10,12H,3-6,9,11H2,1-2H3,(H,15,16). The molecule has 1 aliphatic heterocycles. The molecule has 1 N–H and O–H groups in total. The lowest BCUT2D eigenvalue weighted by molar-refractivity contribution is 0.205. The average Bonchev–Trinajstić information content (AvgIpc) is 2.55. The summed E-state index contributed by atoms with van der Waals surface area (Å²) in [5.41, 5.74) is 1.36. The second-order valence-electron chi connectivity index (χ2n) is 4.97. The van der Waals surface area contributed by atoms with Gasteiger partial charge >= 0.3 is 0 Å². The van der Waals surface area contributed by atoms with Gasteiger partial charge in [-0.2, -0.15) is 0 Å². The Hall–Kier alpha value is -1.09. The summed E-state index contributed by atoms with van der Waals surface area (Å²) in [6.07, 6.45) is 7.34. The molecule has 0 saturated carbocycles. The molecule has 3 heteroatoms. The first-order valence-corrected chi connectivity index (χ1v) is 6.66. The molecular formula is C14H23N3. The molecule has 2 rings (SSSR count). The van der Waals surface area contributed by atoms with Crippen LogP contribution in [0.1, 0.15) is 38.2 Å². The first-order valence-electron chi connectivity index (χ1n) is 6.66. The van der Waals surface area contributed by atoms with Crippen LogP contribution in [0.3, 0.4) is 0 Å². The van der Waals surface area contributed by atoms with Gasteiger partial charge in [0, 0.05) is 25.8 Å². The third-order valence-corrected chi connectivity index (χ3v) is 3.66. The van der Waals surface area contributed by atoms with Gasteiger partial charge in [-0.3, -0.25) is 4.90 Å². The highest BCUT2D eigenvalue weighted by atomic mass is 15.1. The van der Waals surface area contributed by atoms with Gasteiger partial charge in [0.1, 0.15) is 5.82 Å². The first kappa shape index (κ1) is 12.4. The molecule has 1 fully saturated rings. The summed E-state index contributed by atoms with van der Waals surface area (Å²) < 4.78 is 0. The molecule has 3 nitrogen and oxygen atoms in total. The van der Waals surface area contributed by atoms with Crippen molar-refractivity contribution in [3.63, 3.8) is 0 Å². The molecule has 1 aromatic heterocycles. The van der Waals surface area contributed by atoms with Crippen LogP contribution in [0, 0.1) is 0 Å². The van der Waals surface area contributed by atoms with E-state index in [1.165, 1.54) is 37.8 Å². The molecular weight excluding hydrogens is 210 g/mol. The molecule has 1 unspecified atom stereocenters. The molecule has 0 bridgehead atoms. The first-order chi connectivity index (χ1) is 8.29. The fourth-order valence-corrected chi connectivity index (χ4v) is 2.51. The molecule has 0 spiro atoms. The Kier molecular flexibility index (Phi) is 4.37. The number of hydrogen-bond donors (Lipinski definition) is 1. The van der Waals surface area contributed by atoms with Gasteiger partial charge in [0.2, 0.25) is 0 Å². The van der Waals surface area contributed by atoms with E-state index in [1.54, 1.807) is 0 Å². The largest absolute Gasteiger partial charge is 0.373 e. The molecule has 2 heterocycles. The summed E-state index contributed by atoms with van der Waals surface area (Å²) in [7, 11) is 1.92. The summed E-state index contributed by atoms with van der Waals surface area (Å²) in [6.45, 7) is 4.64. The van der Waals surface area contributed by atoms with E-state index in [9.17, 15) is 0 Å². The van der Waals surface area contributed by atoms with Crippen LogP contribution in [0.5, 0.6) is 0 Å². The van der Waals surface area contributed by atoms with Crippen LogP contribution in [0.15, 0.2) is 18.3 Å². The fraction of sp³-hybridized carbons (Fsp3) is 0.643. The smallest absolute Gasteiger partial charge is 0.125 e. The minimum Gasteiger partial charge on any atom is -0.373 e. The van der Waals surface area contributed by atoms with Gasteiger partial charge in [0.05, 0.1) is 0 Å². The minimum absolute atomic E-state index is 0.712. The summed E-state index contributed by atoms with van der Waals surface area (Å²) in [5.74, 6) is 0.963. The predicted molar refractivity (Wildman–Crippen MR) is 72.1 cm³/mol. The van der Waals surface area contributed by atoms with E-state index < -0.39 is 0 Å². The van der Waals surface area contributed by atoms with Crippen LogP contribution >= 0.6 is 0 Å². The summed E-state index contributed by atoms with van der Waals surface area (Å²) in [6, 6.07) is 4.99. The van der Waals surface area contributed by atoms with Crippen molar-refractivity contribution in [2.45, 2.75) is 45.2 Å². The molecule has 0 aromatic carbocycles.